The molecule has 112 valence electrons. The first-order valence-electron chi connectivity index (χ1n) is 7.51. The number of hydrogen-bond acceptors (Lipinski definition) is 4. The molecule has 1 aliphatic heterocycles. The van der Waals surface area contributed by atoms with Gasteiger partial charge in [-0.1, -0.05) is 12.1 Å². The average molecular weight is 279 g/mol. The van der Waals surface area contributed by atoms with Crippen molar-refractivity contribution in [3.8, 4) is 5.75 Å². The van der Waals surface area contributed by atoms with Crippen LogP contribution < -0.4 is 4.74 Å². The molecular formula is C16H25NO3. The Bertz CT molecular complexity index is 378. The van der Waals surface area contributed by atoms with E-state index in [4.69, 9.17) is 14.6 Å². The summed E-state index contributed by atoms with van der Waals surface area (Å²) >= 11 is 0. The first-order valence-corrected chi connectivity index (χ1v) is 7.51. The van der Waals surface area contributed by atoms with E-state index < -0.39 is 0 Å². The van der Waals surface area contributed by atoms with E-state index >= 15 is 0 Å². The Morgan fingerprint density at radius 2 is 2.00 bits per heavy atom. The smallest absolute Gasteiger partial charge is 0.119 e. The van der Waals surface area contributed by atoms with Crippen molar-refractivity contribution in [1.82, 2.24) is 4.90 Å². The number of aliphatic hydroxyl groups is 1. The maximum absolute atomic E-state index is 9.06. The summed E-state index contributed by atoms with van der Waals surface area (Å²) in [4.78, 5) is 2.47. The highest BCUT2D eigenvalue weighted by Gasteiger charge is 2.08. The van der Waals surface area contributed by atoms with Crippen molar-refractivity contribution in [2.24, 2.45) is 0 Å². The zero-order valence-electron chi connectivity index (χ0n) is 12.1. The van der Waals surface area contributed by atoms with Gasteiger partial charge in [0.1, 0.15) is 5.75 Å². The minimum atomic E-state index is 0.0662. The monoisotopic (exact) mass is 279 g/mol. The normalized spacial score (nSPS) is 16.2. The van der Waals surface area contributed by atoms with Crippen LogP contribution in [-0.2, 0) is 11.3 Å². The predicted octanol–water partition coefficient (Wildman–Crippen LogP) is 2.06. The lowest BCUT2D eigenvalue weighted by Crippen LogP contribution is -2.36. The highest BCUT2D eigenvalue weighted by Crippen LogP contribution is 2.14. The second kappa shape index (κ2) is 8.95. The quantitative estimate of drug-likeness (QED) is 0.740. The number of benzene rings is 1. The maximum atomic E-state index is 9.06. The molecule has 1 aromatic rings. The number of aliphatic hydroxyl groups excluding tert-OH is 1. The van der Waals surface area contributed by atoms with Gasteiger partial charge in [-0.05, 0) is 43.5 Å². The lowest BCUT2D eigenvalue weighted by Gasteiger charge is -2.26. The molecule has 0 aromatic heterocycles. The number of hydrogen-bond donors (Lipinski definition) is 1. The van der Waals surface area contributed by atoms with E-state index in [1.54, 1.807) is 0 Å². The largest absolute Gasteiger partial charge is 0.494 e. The first kappa shape index (κ1) is 15.3. The van der Waals surface area contributed by atoms with Gasteiger partial charge in [0.15, 0.2) is 0 Å². The van der Waals surface area contributed by atoms with E-state index in [0.29, 0.717) is 0 Å². The molecule has 0 bridgehead atoms. The summed E-state index contributed by atoms with van der Waals surface area (Å²) < 4.78 is 11.0. The fourth-order valence-corrected chi connectivity index (χ4v) is 2.36. The van der Waals surface area contributed by atoms with Crippen LogP contribution in [-0.4, -0.2) is 49.5 Å². The van der Waals surface area contributed by atoms with Crippen molar-refractivity contribution in [2.45, 2.75) is 25.9 Å². The van der Waals surface area contributed by atoms with Gasteiger partial charge in [0.05, 0.1) is 26.4 Å². The molecule has 4 heteroatoms. The van der Waals surface area contributed by atoms with E-state index in [-0.39, 0.29) is 6.61 Å². The van der Waals surface area contributed by atoms with Crippen LogP contribution in [0.15, 0.2) is 24.3 Å². The van der Waals surface area contributed by atoms with Crippen LogP contribution in [0.3, 0.4) is 0 Å². The van der Waals surface area contributed by atoms with Crippen molar-refractivity contribution in [3.05, 3.63) is 29.8 Å². The molecule has 0 spiro atoms. The summed E-state index contributed by atoms with van der Waals surface area (Å²) in [6.45, 7) is 5.89. The van der Waals surface area contributed by atoms with Gasteiger partial charge < -0.3 is 14.6 Å². The van der Waals surface area contributed by atoms with E-state index in [9.17, 15) is 0 Å². The van der Waals surface area contributed by atoms with Crippen molar-refractivity contribution in [3.63, 3.8) is 0 Å². The van der Waals surface area contributed by atoms with Gasteiger partial charge in [0.2, 0.25) is 0 Å². The highest BCUT2D eigenvalue weighted by molar-refractivity contribution is 5.27. The third-order valence-corrected chi connectivity index (χ3v) is 3.57. The number of unbranched alkanes of at least 4 members (excludes halogenated alkanes) is 2. The molecule has 4 nitrogen and oxygen atoms in total. The van der Waals surface area contributed by atoms with E-state index in [2.05, 4.69) is 4.90 Å². The van der Waals surface area contributed by atoms with Crippen LogP contribution in [0.4, 0.5) is 0 Å². The van der Waals surface area contributed by atoms with Crippen LogP contribution in [0.5, 0.6) is 5.75 Å². The Hall–Kier alpha value is -1.10. The molecule has 0 atom stereocenters. The summed E-state index contributed by atoms with van der Waals surface area (Å²) in [7, 11) is 0. The Balaban J connectivity index is 1.52. The molecule has 1 N–H and O–H groups in total. The standard InChI is InChI=1S/C16H25NO3/c18-14-15-5-4-6-16(13-15)20-10-3-1-2-7-17-8-11-19-12-9-17/h4-6,13,18H,1-3,7-12,14H2. The number of nitrogens with zero attached hydrogens (tertiary/aromatic N) is 1. The lowest BCUT2D eigenvalue weighted by atomic mass is 10.2. The van der Waals surface area contributed by atoms with E-state index in [1.165, 1.54) is 19.4 Å². The minimum absolute atomic E-state index is 0.0662. The zero-order valence-corrected chi connectivity index (χ0v) is 12.1. The van der Waals surface area contributed by atoms with Gasteiger partial charge in [-0.15, -0.1) is 0 Å². The van der Waals surface area contributed by atoms with Gasteiger partial charge >= 0.3 is 0 Å². The topological polar surface area (TPSA) is 41.9 Å². The van der Waals surface area contributed by atoms with Crippen LogP contribution in [0, 0.1) is 0 Å². The van der Waals surface area contributed by atoms with E-state index in [1.807, 2.05) is 24.3 Å². The maximum Gasteiger partial charge on any atom is 0.119 e. The Kier molecular flexibility index (Phi) is 6.84. The Labute approximate surface area is 121 Å². The fraction of sp³-hybridized carbons (Fsp3) is 0.625. The summed E-state index contributed by atoms with van der Waals surface area (Å²) in [5.41, 5.74) is 0.898. The molecule has 1 aliphatic rings. The van der Waals surface area contributed by atoms with Crippen LogP contribution in [0.2, 0.25) is 0 Å². The zero-order chi connectivity index (χ0) is 14.0. The molecule has 1 saturated heterocycles. The summed E-state index contributed by atoms with van der Waals surface area (Å²) in [6, 6.07) is 7.65. The van der Waals surface area contributed by atoms with Gasteiger partial charge in [0.25, 0.3) is 0 Å². The molecule has 0 amide bonds. The van der Waals surface area contributed by atoms with Crippen molar-refractivity contribution < 1.29 is 14.6 Å². The van der Waals surface area contributed by atoms with Gasteiger partial charge in [-0.2, -0.15) is 0 Å². The first-order chi connectivity index (χ1) is 9.88. The van der Waals surface area contributed by atoms with Crippen molar-refractivity contribution >= 4 is 0 Å². The van der Waals surface area contributed by atoms with Gasteiger partial charge in [-0.25, -0.2) is 0 Å². The SMILES string of the molecule is OCc1cccc(OCCCCCN2CCOCC2)c1. The molecule has 0 saturated carbocycles. The molecule has 0 aliphatic carbocycles. The lowest BCUT2D eigenvalue weighted by molar-refractivity contribution is 0.0370. The number of morpholine rings is 1. The minimum Gasteiger partial charge on any atom is -0.494 e. The van der Waals surface area contributed by atoms with E-state index in [0.717, 1.165) is 50.6 Å². The van der Waals surface area contributed by atoms with Crippen LogP contribution >= 0.6 is 0 Å². The summed E-state index contributed by atoms with van der Waals surface area (Å²) in [5, 5.41) is 9.06. The van der Waals surface area contributed by atoms with Crippen molar-refractivity contribution in [2.75, 3.05) is 39.5 Å². The fourth-order valence-electron chi connectivity index (χ4n) is 2.36. The molecule has 1 fully saturated rings. The highest BCUT2D eigenvalue weighted by atomic mass is 16.5. The van der Waals surface area contributed by atoms with Crippen LogP contribution in [0.25, 0.3) is 0 Å². The molecule has 1 aromatic carbocycles. The third-order valence-electron chi connectivity index (χ3n) is 3.57. The number of rotatable bonds is 8. The molecular weight excluding hydrogens is 254 g/mol. The predicted molar refractivity (Wildman–Crippen MR) is 79.0 cm³/mol. The Morgan fingerprint density at radius 3 is 2.80 bits per heavy atom. The summed E-state index contributed by atoms with van der Waals surface area (Å²) in [5.74, 6) is 0.852. The summed E-state index contributed by atoms with van der Waals surface area (Å²) in [6.07, 6.45) is 3.49. The van der Waals surface area contributed by atoms with Crippen LogP contribution in [0.1, 0.15) is 24.8 Å². The molecule has 2 rings (SSSR count). The molecule has 20 heavy (non-hydrogen) atoms. The number of ether oxygens (including phenoxy) is 2. The van der Waals surface area contributed by atoms with Gasteiger partial charge in [0, 0.05) is 13.1 Å². The molecule has 0 radical (unpaired) electrons. The second-order valence-electron chi connectivity index (χ2n) is 5.17. The van der Waals surface area contributed by atoms with Gasteiger partial charge in [-0.3, -0.25) is 4.90 Å². The third kappa shape index (κ3) is 5.49. The molecule has 0 unspecified atom stereocenters. The van der Waals surface area contributed by atoms with Crippen molar-refractivity contribution in [1.29, 1.82) is 0 Å². The average Bonchev–Trinajstić information content (AvgIpc) is 2.52. The Morgan fingerprint density at radius 1 is 1.15 bits per heavy atom. The second-order valence-corrected chi connectivity index (χ2v) is 5.17. The molecule has 1 heterocycles.